The Kier molecular flexibility index (Phi) is 2.81. The average molecular weight is 274 g/mol. The van der Waals surface area contributed by atoms with E-state index in [9.17, 15) is 9.59 Å². The minimum absolute atomic E-state index is 0.0919. The van der Waals surface area contributed by atoms with Gasteiger partial charge in [0.05, 0.1) is 11.8 Å². The number of nitrogens with zero attached hydrogens (tertiary/aromatic N) is 3. The molecular weight excluding hydrogens is 260 g/mol. The number of nitrogens with one attached hydrogen (secondary N) is 1. The third-order valence-corrected chi connectivity index (χ3v) is 3.26. The number of carbonyl (C=O) groups excluding carboxylic acids is 1. The molecule has 0 spiro atoms. The average Bonchev–Trinajstić information content (AvgIpc) is 3.02. The summed E-state index contributed by atoms with van der Waals surface area (Å²) in [6, 6.07) is 3.48. The summed E-state index contributed by atoms with van der Waals surface area (Å²) in [6.07, 6.45) is 2.21. The first-order chi connectivity index (χ1) is 9.65. The van der Waals surface area contributed by atoms with Crippen molar-refractivity contribution in [2.45, 2.75) is 19.9 Å². The summed E-state index contributed by atoms with van der Waals surface area (Å²) < 4.78 is 8.29. The standard InChI is InChI=1S/C13H14N4O3/c1-3-11-15-16(7-12(18)14-2)13(19)9-6-10-8(17(9)11)4-5-20-10/h4-6H,3,7H2,1-2H3,(H,14,18). The molecule has 0 unspecified atom stereocenters. The van der Waals surface area contributed by atoms with Gasteiger partial charge in [-0.1, -0.05) is 6.92 Å². The van der Waals surface area contributed by atoms with E-state index in [1.54, 1.807) is 22.8 Å². The Balaban J connectivity index is 2.32. The van der Waals surface area contributed by atoms with Crippen molar-refractivity contribution in [1.82, 2.24) is 19.5 Å². The summed E-state index contributed by atoms with van der Waals surface area (Å²) in [5.74, 6) is 0.446. The number of amides is 1. The van der Waals surface area contributed by atoms with Gasteiger partial charge in [0, 0.05) is 25.6 Å². The zero-order valence-corrected chi connectivity index (χ0v) is 11.2. The Hall–Kier alpha value is -2.57. The van der Waals surface area contributed by atoms with Crippen LogP contribution in [0.5, 0.6) is 0 Å². The molecule has 0 aliphatic heterocycles. The summed E-state index contributed by atoms with van der Waals surface area (Å²) in [7, 11) is 1.52. The maximum atomic E-state index is 12.4. The molecular formula is C13H14N4O3. The van der Waals surface area contributed by atoms with Gasteiger partial charge in [-0.3, -0.25) is 14.0 Å². The molecule has 3 aromatic heterocycles. The van der Waals surface area contributed by atoms with Crippen molar-refractivity contribution in [1.29, 1.82) is 0 Å². The molecule has 0 aliphatic carbocycles. The highest BCUT2D eigenvalue weighted by molar-refractivity contribution is 5.82. The van der Waals surface area contributed by atoms with Crippen LogP contribution < -0.4 is 10.9 Å². The molecule has 1 N–H and O–H groups in total. The molecule has 0 aliphatic rings. The lowest BCUT2D eigenvalue weighted by Gasteiger charge is -2.08. The number of hydrogen-bond donors (Lipinski definition) is 1. The smallest absolute Gasteiger partial charge is 0.291 e. The van der Waals surface area contributed by atoms with Crippen LogP contribution in [0.3, 0.4) is 0 Å². The van der Waals surface area contributed by atoms with Gasteiger partial charge in [-0.05, 0) is 0 Å². The van der Waals surface area contributed by atoms with E-state index >= 15 is 0 Å². The predicted molar refractivity (Wildman–Crippen MR) is 72.7 cm³/mol. The number of furan rings is 1. The van der Waals surface area contributed by atoms with Gasteiger partial charge in [0.2, 0.25) is 5.91 Å². The number of aromatic nitrogens is 3. The molecule has 104 valence electrons. The molecule has 0 aromatic carbocycles. The SMILES string of the molecule is CCc1nn(CC(=O)NC)c(=O)c2cc3occc3n12. The number of likely N-dealkylation sites (N-methyl/N-ethyl adjacent to an activating group) is 1. The van der Waals surface area contributed by atoms with E-state index in [-0.39, 0.29) is 18.0 Å². The highest BCUT2D eigenvalue weighted by Gasteiger charge is 2.15. The maximum absolute atomic E-state index is 12.4. The van der Waals surface area contributed by atoms with Gasteiger partial charge in [0.25, 0.3) is 5.56 Å². The van der Waals surface area contributed by atoms with Crippen LogP contribution in [0.15, 0.2) is 27.6 Å². The maximum Gasteiger partial charge on any atom is 0.291 e. The molecule has 0 radical (unpaired) electrons. The quantitative estimate of drug-likeness (QED) is 0.756. The molecule has 3 rings (SSSR count). The van der Waals surface area contributed by atoms with Crippen LogP contribution in [0.4, 0.5) is 0 Å². The third-order valence-electron chi connectivity index (χ3n) is 3.26. The molecule has 3 heterocycles. The monoisotopic (exact) mass is 274 g/mol. The second kappa shape index (κ2) is 4.52. The van der Waals surface area contributed by atoms with E-state index in [4.69, 9.17) is 4.42 Å². The van der Waals surface area contributed by atoms with Crippen LogP contribution in [0, 0.1) is 0 Å². The zero-order valence-electron chi connectivity index (χ0n) is 11.2. The molecule has 0 saturated heterocycles. The van der Waals surface area contributed by atoms with Gasteiger partial charge in [-0.2, -0.15) is 5.10 Å². The number of carbonyl (C=O) groups is 1. The minimum atomic E-state index is -0.308. The zero-order chi connectivity index (χ0) is 14.3. The van der Waals surface area contributed by atoms with Crippen molar-refractivity contribution in [2.75, 3.05) is 7.05 Å². The molecule has 3 aromatic rings. The van der Waals surface area contributed by atoms with E-state index in [1.165, 1.54) is 11.7 Å². The molecule has 20 heavy (non-hydrogen) atoms. The fourth-order valence-corrected chi connectivity index (χ4v) is 2.27. The molecule has 1 amide bonds. The normalized spacial score (nSPS) is 11.3. The molecule has 0 fully saturated rings. The van der Waals surface area contributed by atoms with Crippen molar-refractivity contribution in [2.24, 2.45) is 0 Å². The number of rotatable bonds is 3. The fraction of sp³-hybridized carbons (Fsp3) is 0.308. The van der Waals surface area contributed by atoms with Crippen LogP contribution >= 0.6 is 0 Å². The number of hydrogen-bond acceptors (Lipinski definition) is 4. The third kappa shape index (κ3) is 1.70. The van der Waals surface area contributed by atoms with Crippen molar-refractivity contribution in [3.8, 4) is 0 Å². The molecule has 7 heteroatoms. The van der Waals surface area contributed by atoms with E-state index in [2.05, 4.69) is 10.4 Å². The summed E-state index contributed by atoms with van der Waals surface area (Å²) in [5.41, 5.74) is 1.61. The Bertz CT molecular complexity index is 856. The highest BCUT2D eigenvalue weighted by Crippen LogP contribution is 2.20. The highest BCUT2D eigenvalue weighted by atomic mass is 16.3. The molecule has 0 bridgehead atoms. The van der Waals surface area contributed by atoms with E-state index in [1.807, 2.05) is 6.92 Å². The van der Waals surface area contributed by atoms with Crippen LogP contribution in [0.2, 0.25) is 0 Å². The van der Waals surface area contributed by atoms with Gasteiger partial charge in [-0.25, -0.2) is 4.68 Å². The van der Waals surface area contributed by atoms with E-state index < -0.39 is 0 Å². The second-order valence-corrected chi connectivity index (χ2v) is 4.44. The lowest BCUT2D eigenvalue weighted by Crippen LogP contribution is -2.33. The van der Waals surface area contributed by atoms with Crippen molar-refractivity contribution in [3.63, 3.8) is 0 Å². The van der Waals surface area contributed by atoms with Crippen LogP contribution in [0.25, 0.3) is 16.6 Å². The number of aryl methyl sites for hydroxylation is 1. The Morgan fingerprint density at radius 2 is 2.25 bits per heavy atom. The van der Waals surface area contributed by atoms with Gasteiger partial charge in [-0.15, -0.1) is 0 Å². The first kappa shape index (κ1) is 12.5. The summed E-state index contributed by atoms with van der Waals surface area (Å²) in [4.78, 5) is 23.8. The Labute approximate surface area is 113 Å². The molecule has 0 atom stereocenters. The fourth-order valence-electron chi connectivity index (χ4n) is 2.27. The lowest BCUT2D eigenvalue weighted by atomic mass is 10.4. The largest absolute Gasteiger partial charge is 0.463 e. The van der Waals surface area contributed by atoms with Crippen molar-refractivity contribution < 1.29 is 9.21 Å². The van der Waals surface area contributed by atoms with Crippen molar-refractivity contribution >= 4 is 22.5 Å². The lowest BCUT2D eigenvalue weighted by molar-refractivity contribution is -0.121. The molecule has 0 saturated carbocycles. The minimum Gasteiger partial charge on any atom is -0.463 e. The second-order valence-electron chi connectivity index (χ2n) is 4.44. The van der Waals surface area contributed by atoms with Gasteiger partial charge >= 0.3 is 0 Å². The summed E-state index contributed by atoms with van der Waals surface area (Å²) in [5, 5.41) is 6.76. The van der Waals surface area contributed by atoms with Gasteiger partial charge in [0.15, 0.2) is 5.58 Å². The first-order valence-electron chi connectivity index (χ1n) is 6.35. The Morgan fingerprint density at radius 3 is 2.95 bits per heavy atom. The van der Waals surface area contributed by atoms with Gasteiger partial charge in [0.1, 0.15) is 17.9 Å². The van der Waals surface area contributed by atoms with Gasteiger partial charge < -0.3 is 9.73 Å². The molecule has 7 nitrogen and oxygen atoms in total. The predicted octanol–water partition coefficient (Wildman–Crippen LogP) is 0.551. The van der Waals surface area contributed by atoms with E-state index in [0.717, 1.165) is 5.52 Å². The van der Waals surface area contributed by atoms with Crippen LogP contribution in [-0.4, -0.2) is 27.1 Å². The topological polar surface area (TPSA) is 81.5 Å². The first-order valence-corrected chi connectivity index (χ1v) is 6.35. The van der Waals surface area contributed by atoms with Crippen molar-refractivity contribution in [3.05, 3.63) is 34.6 Å². The summed E-state index contributed by atoms with van der Waals surface area (Å²) >= 11 is 0. The Morgan fingerprint density at radius 1 is 1.45 bits per heavy atom. The van der Waals surface area contributed by atoms with E-state index in [0.29, 0.717) is 23.3 Å². The number of fused-ring (bicyclic) bond motifs is 3. The van der Waals surface area contributed by atoms with Crippen LogP contribution in [-0.2, 0) is 17.8 Å². The summed E-state index contributed by atoms with van der Waals surface area (Å²) in [6.45, 7) is 1.85. The van der Waals surface area contributed by atoms with Crippen LogP contribution in [0.1, 0.15) is 12.7 Å².